The average molecular weight is 393 g/mol. The second-order valence-corrected chi connectivity index (χ2v) is 7.57. The monoisotopic (exact) mass is 393 g/mol. The third-order valence-electron chi connectivity index (χ3n) is 5.21. The Hall–Kier alpha value is -2.49. The van der Waals surface area contributed by atoms with Gasteiger partial charge in [-0.05, 0) is 18.3 Å². The van der Waals surface area contributed by atoms with Gasteiger partial charge >= 0.3 is 0 Å². The fourth-order valence-corrected chi connectivity index (χ4v) is 3.51. The zero-order valence-corrected chi connectivity index (χ0v) is 17.1. The molecule has 10 heteroatoms. The van der Waals surface area contributed by atoms with Crippen LogP contribution in [0.4, 0.5) is 11.9 Å². The van der Waals surface area contributed by atoms with Gasteiger partial charge in [0.25, 0.3) is 0 Å². The maximum absolute atomic E-state index is 12.7. The van der Waals surface area contributed by atoms with E-state index in [2.05, 4.69) is 32.7 Å². The molecule has 1 heterocycles. The number of aromatic nitrogens is 3. The Bertz CT molecular complexity index is 671. The van der Waals surface area contributed by atoms with Crippen LogP contribution in [0.25, 0.3) is 0 Å². The molecule has 10 nitrogen and oxygen atoms in total. The molecule has 2 amide bonds. The van der Waals surface area contributed by atoms with E-state index in [1.54, 1.807) is 4.90 Å². The van der Waals surface area contributed by atoms with Crippen LogP contribution in [0, 0.1) is 17.8 Å². The van der Waals surface area contributed by atoms with Crippen LogP contribution >= 0.6 is 0 Å². The predicted octanol–water partition coefficient (Wildman–Crippen LogP) is 1.23. The van der Waals surface area contributed by atoms with Crippen molar-refractivity contribution in [2.45, 2.75) is 46.0 Å². The summed E-state index contributed by atoms with van der Waals surface area (Å²) in [7, 11) is 3.65. The molecule has 0 saturated heterocycles. The van der Waals surface area contributed by atoms with Gasteiger partial charge < -0.3 is 4.90 Å². The summed E-state index contributed by atoms with van der Waals surface area (Å²) in [4.78, 5) is 38.1. The summed E-state index contributed by atoms with van der Waals surface area (Å²) in [6, 6.07) is 0. The van der Waals surface area contributed by atoms with Crippen LogP contribution in [0.5, 0.6) is 0 Å². The Labute approximate surface area is 165 Å². The van der Waals surface area contributed by atoms with Crippen molar-refractivity contribution in [3.63, 3.8) is 0 Å². The highest BCUT2D eigenvalue weighted by atomic mass is 16.5. The quantitative estimate of drug-likeness (QED) is 0.308. The van der Waals surface area contributed by atoms with E-state index in [0.717, 1.165) is 19.3 Å². The van der Waals surface area contributed by atoms with Crippen molar-refractivity contribution in [1.29, 1.82) is 0 Å². The molecule has 1 aromatic rings. The summed E-state index contributed by atoms with van der Waals surface area (Å²) in [6.45, 7) is 4.06. The fourth-order valence-electron chi connectivity index (χ4n) is 3.51. The van der Waals surface area contributed by atoms with Gasteiger partial charge in [-0.1, -0.05) is 33.1 Å². The molecule has 0 aromatic carbocycles. The Kier molecular flexibility index (Phi) is 7.91. The molecule has 28 heavy (non-hydrogen) atoms. The third kappa shape index (κ3) is 6.01. The first-order chi connectivity index (χ1) is 13.3. The van der Waals surface area contributed by atoms with E-state index in [4.69, 9.17) is 0 Å². The van der Waals surface area contributed by atoms with Crippen molar-refractivity contribution in [3.05, 3.63) is 5.82 Å². The number of aryl methyl sites for hydroxylation is 1. The minimum atomic E-state index is -0.533. The second-order valence-electron chi connectivity index (χ2n) is 7.57. The standard InChI is InChI=1S/C18H31N7O3/c1-5-15-19-17(21-18(20-15)24(3)4)23-22-16(27)14(10-25(28)11-26)9-13-8-6-7-12(13)2/h11-14,28H,5-10H2,1-4H3,(H,22,27)(H,19,20,21,23). The van der Waals surface area contributed by atoms with Crippen molar-refractivity contribution in [2.75, 3.05) is 31.0 Å². The van der Waals surface area contributed by atoms with Crippen LogP contribution in [0.15, 0.2) is 0 Å². The normalized spacial score (nSPS) is 19.8. The summed E-state index contributed by atoms with van der Waals surface area (Å²) >= 11 is 0. The number of carbonyl (C=O) groups is 2. The molecule has 3 atom stereocenters. The highest BCUT2D eigenvalue weighted by Crippen LogP contribution is 2.35. The summed E-state index contributed by atoms with van der Waals surface area (Å²) in [6.07, 6.45) is 4.91. The molecule has 1 saturated carbocycles. The number of nitrogens with zero attached hydrogens (tertiary/aromatic N) is 5. The molecule has 0 aliphatic heterocycles. The maximum atomic E-state index is 12.7. The Morgan fingerprint density at radius 2 is 2.07 bits per heavy atom. The van der Waals surface area contributed by atoms with Gasteiger partial charge in [-0.15, -0.1) is 0 Å². The van der Waals surface area contributed by atoms with Crippen LogP contribution in [0.3, 0.4) is 0 Å². The number of hydroxylamine groups is 2. The van der Waals surface area contributed by atoms with E-state index < -0.39 is 5.92 Å². The Morgan fingerprint density at radius 3 is 2.64 bits per heavy atom. The van der Waals surface area contributed by atoms with Crippen LogP contribution in [-0.2, 0) is 16.0 Å². The van der Waals surface area contributed by atoms with Crippen molar-refractivity contribution in [2.24, 2.45) is 17.8 Å². The van der Waals surface area contributed by atoms with Gasteiger partial charge in [0.1, 0.15) is 5.82 Å². The molecule has 3 N–H and O–H groups in total. The van der Waals surface area contributed by atoms with Gasteiger partial charge in [0.05, 0.1) is 12.5 Å². The number of hydrogen-bond acceptors (Lipinski definition) is 8. The summed E-state index contributed by atoms with van der Waals surface area (Å²) in [5, 5.41) is 10.1. The highest BCUT2D eigenvalue weighted by molar-refractivity contribution is 5.80. The first-order valence-electron chi connectivity index (χ1n) is 9.73. The van der Waals surface area contributed by atoms with Gasteiger partial charge in [0.15, 0.2) is 0 Å². The molecular formula is C18H31N7O3. The van der Waals surface area contributed by atoms with Crippen molar-refractivity contribution < 1.29 is 14.8 Å². The highest BCUT2D eigenvalue weighted by Gasteiger charge is 2.30. The topological polar surface area (TPSA) is 124 Å². The molecular weight excluding hydrogens is 362 g/mol. The number of carbonyl (C=O) groups excluding carboxylic acids is 2. The van der Waals surface area contributed by atoms with Gasteiger partial charge in [0.2, 0.25) is 24.2 Å². The largest absolute Gasteiger partial charge is 0.347 e. The van der Waals surface area contributed by atoms with Gasteiger partial charge in [-0.2, -0.15) is 15.0 Å². The molecule has 2 rings (SSSR count). The minimum Gasteiger partial charge on any atom is -0.347 e. The molecule has 0 radical (unpaired) electrons. The van der Waals surface area contributed by atoms with E-state index in [0.29, 0.717) is 47.9 Å². The zero-order valence-electron chi connectivity index (χ0n) is 17.1. The van der Waals surface area contributed by atoms with Gasteiger partial charge in [0, 0.05) is 20.5 Å². The lowest BCUT2D eigenvalue weighted by atomic mass is 9.87. The molecule has 0 bridgehead atoms. The fraction of sp³-hybridized carbons (Fsp3) is 0.722. The van der Waals surface area contributed by atoms with Crippen LogP contribution in [0.1, 0.15) is 45.4 Å². The number of amides is 2. The van der Waals surface area contributed by atoms with E-state index >= 15 is 0 Å². The van der Waals surface area contributed by atoms with Crippen molar-refractivity contribution in [3.8, 4) is 0 Å². The minimum absolute atomic E-state index is 0.0550. The first-order valence-corrected chi connectivity index (χ1v) is 9.73. The molecule has 1 aromatic heterocycles. The molecule has 1 fully saturated rings. The maximum Gasteiger partial charge on any atom is 0.246 e. The third-order valence-corrected chi connectivity index (χ3v) is 5.21. The van der Waals surface area contributed by atoms with E-state index in [9.17, 15) is 14.8 Å². The average Bonchev–Trinajstić information content (AvgIpc) is 3.09. The molecule has 1 aliphatic rings. The van der Waals surface area contributed by atoms with E-state index in [1.807, 2.05) is 21.0 Å². The Morgan fingerprint density at radius 1 is 1.32 bits per heavy atom. The molecule has 1 aliphatic carbocycles. The second kappa shape index (κ2) is 10.2. The van der Waals surface area contributed by atoms with Gasteiger partial charge in [-0.25, -0.2) is 5.06 Å². The van der Waals surface area contributed by atoms with E-state index in [-0.39, 0.29) is 18.4 Å². The number of hydrogen-bond donors (Lipinski definition) is 3. The Balaban J connectivity index is 2.05. The van der Waals surface area contributed by atoms with Gasteiger partial charge in [-0.3, -0.25) is 25.6 Å². The predicted molar refractivity (Wildman–Crippen MR) is 104 cm³/mol. The lowest BCUT2D eigenvalue weighted by Crippen LogP contribution is -2.41. The van der Waals surface area contributed by atoms with Crippen LogP contribution in [0.2, 0.25) is 0 Å². The number of anilines is 2. The summed E-state index contributed by atoms with van der Waals surface area (Å²) in [5.74, 6) is 1.42. The zero-order chi connectivity index (χ0) is 20.7. The van der Waals surface area contributed by atoms with Crippen molar-refractivity contribution >= 4 is 24.2 Å². The number of hydrazine groups is 1. The van der Waals surface area contributed by atoms with Crippen LogP contribution < -0.4 is 15.8 Å². The molecule has 3 unspecified atom stereocenters. The number of rotatable bonds is 10. The molecule has 156 valence electrons. The van der Waals surface area contributed by atoms with Crippen LogP contribution in [-0.4, -0.2) is 58.2 Å². The lowest BCUT2D eigenvalue weighted by molar-refractivity contribution is -0.155. The lowest BCUT2D eigenvalue weighted by Gasteiger charge is -2.24. The molecule has 0 spiro atoms. The summed E-state index contributed by atoms with van der Waals surface area (Å²) in [5.41, 5.74) is 5.37. The first kappa shape index (κ1) is 21.8. The summed E-state index contributed by atoms with van der Waals surface area (Å²) < 4.78 is 0. The van der Waals surface area contributed by atoms with Crippen molar-refractivity contribution in [1.82, 2.24) is 25.4 Å². The van der Waals surface area contributed by atoms with E-state index in [1.165, 1.54) is 0 Å². The number of nitrogens with one attached hydrogen (secondary N) is 2. The smallest absolute Gasteiger partial charge is 0.246 e. The SMILES string of the molecule is CCc1nc(NNC(=O)C(CC2CCCC2C)CN(O)C=O)nc(N(C)C)n1.